The van der Waals surface area contributed by atoms with Gasteiger partial charge in [0.15, 0.2) is 0 Å². The number of ether oxygens (including phenoxy) is 1. The fourth-order valence-corrected chi connectivity index (χ4v) is 2.80. The highest BCUT2D eigenvalue weighted by molar-refractivity contribution is 7.09. The van der Waals surface area contributed by atoms with Crippen LogP contribution in [-0.4, -0.2) is 37.8 Å². The first kappa shape index (κ1) is 13.0. The highest BCUT2D eigenvalue weighted by atomic mass is 32.1. The van der Waals surface area contributed by atoms with Gasteiger partial charge in [-0.25, -0.2) is 4.98 Å². The van der Waals surface area contributed by atoms with Crippen LogP contribution in [0.4, 0.5) is 0 Å². The third-order valence-electron chi connectivity index (χ3n) is 3.49. The van der Waals surface area contributed by atoms with E-state index in [2.05, 4.69) is 10.3 Å². The lowest BCUT2D eigenvalue weighted by Gasteiger charge is -2.36. The fraction of sp³-hybridized carbons (Fsp3) is 0.750. The van der Waals surface area contributed by atoms with Crippen molar-refractivity contribution in [3.05, 3.63) is 16.6 Å². The predicted octanol–water partition coefficient (Wildman–Crippen LogP) is 1.03. The lowest BCUT2D eigenvalue weighted by atomic mass is 9.80. The summed E-state index contributed by atoms with van der Waals surface area (Å²) in [7, 11) is 0. The molecule has 0 aromatic carbocycles. The second-order valence-electron chi connectivity index (χ2n) is 4.67. The number of hydrogen-bond acceptors (Lipinski definition) is 5. The topological polar surface area (TPSA) is 60.2 Å². The normalized spacial score (nSPS) is 19.4. The number of thiazole rings is 1. The Labute approximate surface area is 107 Å². The van der Waals surface area contributed by atoms with Crippen molar-refractivity contribution in [3.8, 4) is 0 Å². The zero-order valence-corrected chi connectivity index (χ0v) is 11.0. The van der Waals surface area contributed by atoms with Crippen LogP contribution in [0.3, 0.4) is 0 Å². The van der Waals surface area contributed by atoms with E-state index in [1.807, 2.05) is 11.6 Å². The Bertz CT molecular complexity index is 310. The van der Waals surface area contributed by atoms with E-state index >= 15 is 0 Å². The molecule has 0 saturated carbocycles. The molecule has 4 nitrogen and oxygen atoms in total. The standard InChI is InChI=1S/C12H21N3OS/c13-9-12(2-6-16-7-3-12)10-14-4-1-11-15-5-8-17-11/h5,8,14H,1-4,6-7,9-10,13H2. The average Bonchev–Trinajstić information content (AvgIpc) is 2.89. The molecule has 0 spiro atoms. The van der Waals surface area contributed by atoms with Crippen molar-refractivity contribution < 1.29 is 4.74 Å². The van der Waals surface area contributed by atoms with Crippen LogP contribution in [0.2, 0.25) is 0 Å². The van der Waals surface area contributed by atoms with E-state index in [-0.39, 0.29) is 5.41 Å². The maximum atomic E-state index is 5.91. The average molecular weight is 255 g/mol. The van der Waals surface area contributed by atoms with Gasteiger partial charge in [-0.2, -0.15) is 0 Å². The quantitative estimate of drug-likeness (QED) is 0.745. The highest BCUT2D eigenvalue weighted by Gasteiger charge is 2.30. The minimum atomic E-state index is 0.251. The van der Waals surface area contributed by atoms with Gasteiger partial charge in [-0.05, 0) is 24.8 Å². The Kier molecular flexibility index (Phi) is 4.91. The first-order chi connectivity index (χ1) is 8.35. The first-order valence-corrected chi connectivity index (χ1v) is 7.10. The Morgan fingerprint density at radius 3 is 2.94 bits per heavy atom. The fourth-order valence-electron chi connectivity index (χ4n) is 2.18. The van der Waals surface area contributed by atoms with E-state index < -0.39 is 0 Å². The van der Waals surface area contributed by atoms with Gasteiger partial charge < -0.3 is 15.8 Å². The van der Waals surface area contributed by atoms with Crippen LogP contribution in [0.15, 0.2) is 11.6 Å². The van der Waals surface area contributed by atoms with Gasteiger partial charge >= 0.3 is 0 Å². The van der Waals surface area contributed by atoms with Crippen molar-refractivity contribution in [2.75, 3.05) is 32.8 Å². The zero-order chi connectivity index (χ0) is 12.0. The molecule has 0 unspecified atom stereocenters. The SMILES string of the molecule is NCC1(CNCCc2nccs2)CCOCC1. The Morgan fingerprint density at radius 1 is 1.47 bits per heavy atom. The number of nitrogens with one attached hydrogen (secondary N) is 1. The molecular weight excluding hydrogens is 234 g/mol. The maximum Gasteiger partial charge on any atom is 0.0937 e. The second kappa shape index (κ2) is 6.44. The van der Waals surface area contributed by atoms with E-state index in [0.717, 1.165) is 52.1 Å². The first-order valence-electron chi connectivity index (χ1n) is 6.22. The van der Waals surface area contributed by atoms with E-state index in [4.69, 9.17) is 10.5 Å². The summed E-state index contributed by atoms with van der Waals surface area (Å²) in [5.41, 5.74) is 6.16. The molecule has 2 rings (SSSR count). The summed E-state index contributed by atoms with van der Waals surface area (Å²) >= 11 is 1.72. The van der Waals surface area contributed by atoms with Crippen LogP contribution in [0.5, 0.6) is 0 Å². The molecule has 1 saturated heterocycles. The van der Waals surface area contributed by atoms with Gasteiger partial charge in [0.1, 0.15) is 0 Å². The van der Waals surface area contributed by atoms with Gasteiger partial charge in [-0.3, -0.25) is 0 Å². The zero-order valence-electron chi connectivity index (χ0n) is 10.2. The van der Waals surface area contributed by atoms with Crippen LogP contribution >= 0.6 is 11.3 Å². The summed E-state index contributed by atoms with van der Waals surface area (Å²) in [5, 5.41) is 6.74. The summed E-state index contributed by atoms with van der Waals surface area (Å²) in [6.07, 6.45) is 5.02. The molecule has 1 fully saturated rings. The third kappa shape index (κ3) is 3.74. The Balaban J connectivity index is 1.69. The van der Waals surface area contributed by atoms with Gasteiger partial charge in [0, 0.05) is 44.3 Å². The van der Waals surface area contributed by atoms with Crippen molar-refractivity contribution >= 4 is 11.3 Å². The molecule has 0 amide bonds. The van der Waals surface area contributed by atoms with Crippen LogP contribution in [0.25, 0.3) is 0 Å². The molecule has 0 bridgehead atoms. The molecular formula is C12H21N3OS. The number of rotatable bonds is 6. The van der Waals surface area contributed by atoms with Gasteiger partial charge in [0.05, 0.1) is 5.01 Å². The molecule has 96 valence electrons. The molecule has 3 N–H and O–H groups in total. The second-order valence-corrected chi connectivity index (χ2v) is 5.65. The summed E-state index contributed by atoms with van der Waals surface area (Å²) < 4.78 is 5.40. The Hall–Kier alpha value is -0.490. The minimum Gasteiger partial charge on any atom is -0.381 e. The lowest BCUT2D eigenvalue weighted by molar-refractivity contribution is 0.0194. The predicted molar refractivity (Wildman–Crippen MR) is 70.2 cm³/mol. The summed E-state index contributed by atoms with van der Waals surface area (Å²) in [4.78, 5) is 4.27. The van der Waals surface area contributed by atoms with E-state index in [1.54, 1.807) is 11.3 Å². The van der Waals surface area contributed by atoms with Crippen molar-refractivity contribution in [2.45, 2.75) is 19.3 Å². The summed E-state index contributed by atoms with van der Waals surface area (Å²) in [6.45, 7) is 4.44. The molecule has 0 radical (unpaired) electrons. The number of nitrogens with zero attached hydrogens (tertiary/aromatic N) is 1. The monoisotopic (exact) mass is 255 g/mol. The Morgan fingerprint density at radius 2 is 2.29 bits per heavy atom. The largest absolute Gasteiger partial charge is 0.381 e. The molecule has 17 heavy (non-hydrogen) atoms. The van der Waals surface area contributed by atoms with Crippen molar-refractivity contribution in [2.24, 2.45) is 11.1 Å². The van der Waals surface area contributed by atoms with Crippen molar-refractivity contribution in [3.63, 3.8) is 0 Å². The van der Waals surface area contributed by atoms with Crippen LogP contribution in [-0.2, 0) is 11.2 Å². The number of hydrogen-bond donors (Lipinski definition) is 2. The summed E-state index contributed by atoms with van der Waals surface area (Å²) in [5.74, 6) is 0. The molecule has 2 heterocycles. The third-order valence-corrected chi connectivity index (χ3v) is 4.32. The van der Waals surface area contributed by atoms with E-state index in [9.17, 15) is 0 Å². The molecule has 5 heteroatoms. The lowest BCUT2D eigenvalue weighted by Crippen LogP contribution is -2.44. The van der Waals surface area contributed by atoms with Gasteiger partial charge in [0.2, 0.25) is 0 Å². The van der Waals surface area contributed by atoms with Crippen molar-refractivity contribution in [1.29, 1.82) is 0 Å². The minimum absolute atomic E-state index is 0.251. The van der Waals surface area contributed by atoms with Gasteiger partial charge in [0.25, 0.3) is 0 Å². The highest BCUT2D eigenvalue weighted by Crippen LogP contribution is 2.28. The van der Waals surface area contributed by atoms with Crippen LogP contribution in [0.1, 0.15) is 17.8 Å². The number of nitrogens with two attached hydrogens (primary N) is 1. The molecule has 1 aromatic rings. The number of aromatic nitrogens is 1. The summed E-state index contributed by atoms with van der Waals surface area (Å²) in [6, 6.07) is 0. The van der Waals surface area contributed by atoms with Crippen LogP contribution in [0, 0.1) is 5.41 Å². The molecule has 0 aliphatic carbocycles. The van der Waals surface area contributed by atoms with Crippen LogP contribution < -0.4 is 11.1 Å². The van der Waals surface area contributed by atoms with Crippen molar-refractivity contribution in [1.82, 2.24) is 10.3 Å². The molecule has 0 atom stereocenters. The van der Waals surface area contributed by atoms with Gasteiger partial charge in [-0.15, -0.1) is 11.3 Å². The smallest absolute Gasteiger partial charge is 0.0937 e. The molecule has 1 aromatic heterocycles. The molecule has 1 aliphatic rings. The van der Waals surface area contributed by atoms with Gasteiger partial charge in [-0.1, -0.05) is 0 Å². The van der Waals surface area contributed by atoms with E-state index in [1.165, 1.54) is 5.01 Å². The molecule has 1 aliphatic heterocycles. The maximum absolute atomic E-state index is 5.91. The van der Waals surface area contributed by atoms with E-state index in [0.29, 0.717) is 0 Å².